The first-order chi connectivity index (χ1) is 13.6. The Kier molecular flexibility index (Phi) is 4.85. The van der Waals surface area contributed by atoms with Crippen LogP contribution in [0.25, 0.3) is 0 Å². The van der Waals surface area contributed by atoms with Crippen LogP contribution in [0, 0.1) is 5.82 Å². The Morgan fingerprint density at radius 3 is 2.68 bits per heavy atom. The summed E-state index contributed by atoms with van der Waals surface area (Å²) in [5, 5.41) is 2.49. The van der Waals surface area contributed by atoms with Crippen LogP contribution in [-0.4, -0.2) is 23.3 Å². The molecular weight excluding hydrogens is 357 g/mol. The highest BCUT2D eigenvalue weighted by Crippen LogP contribution is 2.28. The first-order valence-corrected chi connectivity index (χ1v) is 9.05. The van der Waals surface area contributed by atoms with Gasteiger partial charge in [0.25, 0.3) is 11.8 Å². The number of nitrogens with one attached hydrogen (secondary N) is 1. The highest BCUT2D eigenvalue weighted by molar-refractivity contribution is 6.09. The smallest absolute Gasteiger partial charge is 0.274 e. The van der Waals surface area contributed by atoms with E-state index in [0.29, 0.717) is 12.1 Å². The van der Waals surface area contributed by atoms with Crippen molar-refractivity contribution in [2.24, 2.45) is 0 Å². The summed E-state index contributed by atoms with van der Waals surface area (Å²) in [6, 6.07) is 16.7. The summed E-state index contributed by atoms with van der Waals surface area (Å²) in [7, 11) is 0. The number of carbonyl (C=O) groups excluding carboxylic acids is 2. The Morgan fingerprint density at radius 1 is 1.04 bits per heavy atom. The molecule has 2 aromatic carbocycles. The third-order valence-corrected chi connectivity index (χ3v) is 4.72. The van der Waals surface area contributed by atoms with Gasteiger partial charge in [-0.05, 0) is 48.7 Å². The SMILES string of the molecule is O=C(Nc1ccccc1F)c1cc(C(=O)N2CCCc3ccccc32)ccn1. The van der Waals surface area contributed by atoms with Gasteiger partial charge < -0.3 is 10.2 Å². The van der Waals surface area contributed by atoms with Crippen LogP contribution in [-0.2, 0) is 6.42 Å². The van der Waals surface area contributed by atoms with Crippen molar-refractivity contribution in [3.8, 4) is 0 Å². The molecule has 0 fully saturated rings. The van der Waals surface area contributed by atoms with Crippen LogP contribution in [0.3, 0.4) is 0 Å². The van der Waals surface area contributed by atoms with E-state index in [-0.39, 0.29) is 17.3 Å². The number of anilines is 2. The van der Waals surface area contributed by atoms with Crippen LogP contribution < -0.4 is 10.2 Å². The summed E-state index contributed by atoms with van der Waals surface area (Å²) in [5.41, 5.74) is 2.52. The van der Waals surface area contributed by atoms with E-state index >= 15 is 0 Å². The maximum Gasteiger partial charge on any atom is 0.274 e. The Morgan fingerprint density at radius 2 is 1.82 bits per heavy atom. The zero-order valence-corrected chi connectivity index (χ0v) is 15.1. The summed E-state index contributed by atoms with van der Waals surface area (Å²) in [6.07, 6.45) is 3.24. The van der Waals surface area contributed by atoms with Gasteiger partial charge in [0.15, 0.2) is 0 Å². The number of aryl methyl sites for hydroxylation is 1. The number of carbonyl (C=O) groups is 2. The van der Waals surface area contributed by atoms with Gasteiger partial charge >= 0.3 is 0 Å². The van der Waals surface area contributed by atoms with E-state index in [2.05, 4.69) is 10.3 Å². The summed E-state index contributed by atoms with van der Waals surface area (Å²) in [6.45, 7) is 0.620. The third kappa shape index (κ3) is 3.49. The monoisotopic (exact) mass is 375 g/mol. The number of benzene rings is 2. The number of nitrogens with zero attached hydrogens (tertiary/aromatic N) is 2. The molecule has 5 nitrogen and oxygen atoms in total. The van der Waals surface area contributed by atoms with Gasteiger partial charge in [-0.1, -0.05) is 30.3 Å². The number of hydrogen-bond acceptors (Lipinski definition) is 3. The molecule has 1 aromatic heterocycles. The van der Waals surface area contributed by atoms with Crippen molar-refractivity contribution in [2.75, 3.05) is 16.8 Å². The number of aromatic nitrogens is 1. The second-order valence-corrected chi connectivity index (χ2v) is 6.55. The molecule has 0 bridgehead atoms. The quantitative estimate of drug-likeness (QED) is 0.751. The fourth-order valence-corrected chi connectivity index (χ4v) is 3.34. The van der Waals surface area contributed by atoms with Gasteiger partial charge in [-0.15, -0.1) is 0 Å². The molecular formula is C22H18FN3O2. The van der Waals surface area contributed by atoms with Crippen LogP contribution in [0.4, 0.5) is 15.8 Å². The maximum atomic E-state index is 13.8. The van der Waals surface area contributed by atoms with Crippen LogP contribution in [0.5, 0.6) is 0 Å². The van der Waals surface area contributed by atoms with Crippen LogP contribution >= 0.6 is 0 Å². The van der Waals surface area contributed by atoms with Crippen molar-refractivity contribution >= 4 is 23.2 Å². The molecule has 1 aliphatic rings. The normalized spacial score (nSPS) is 13.0. The van der Waals surface area contributed by atoms with E-state index in [4.69, 9.17) is 0 Å². The standard InChI is InChI=1S/C22H18FN3O2/c23-17-8-2-3-9-18(17)25-21(27)19-14-16(11-12-24-19)22(28)26-13-5-7-15-6-1-4-10-20(15)26/h1-4,6,8-12,14H,5,7,13H2,(H,25,27). The predicted molar refractivity (Wildman–Crippen MR) is 105 cm³/mol. The van der Waals surface area contributed by atoms with Gasteiger partial charge in [-0.25, -0.2) is 4.39 Å². The number of amides is 2. The van der Waals surface area contributed by atoms with Gasteiger partial charge in [-0.2, -0.15) is 0 Å². The van der Waals surface area contributed by atoms with Gasteiger partial charge in [0.05, 0.1) is 5.69 Å². The molecule has 0 saturated carbocycles. The lowest BCUT2D eigenvalue weighted by molar-refractivity contribution is 0.0985. The zero-order chi connectivity index (χ0) is 19.5. The first-order valence-electron chi connectivity index (χ1n) is 9.05. The van der Waals surface area contributed by atoms with E-state index in [1.807, 2.05) is 24.3 Å². The van der Waals surface area contributed by atoms with Crippen LogP contribution in [0.15, 0.2) is 66.9 Å². The summed E-state index contributed by atoms with van der Waals surface area (Å²) in [4.78, 5) is 31.3. The van der Waals surface area contributed by atoms with Gasteiger partial charge in [0, 0.05) is 24.0 Å². The maximum absolute atomic E-state index is 13.8. The summed E-state index contributed by atoms with van der Waals surface area (Å²) >= 11 is 0. The van der Waals surface area contributed by atoms with E-state index < -0.39 is 11.7 Å². The van der Waals surface area contributed by atoms with E-state index in [0.717, 1.165) is 24.1 Å². The number of fused-ring (bicyclic) bond motifs is 1. The minimum atomic E-state index is -0.571. The molecule has 6 heteroatoms. The number of hydrogen-bond donors (Lipinski definition) is 1. The highest BCUT2D eigenvalue weighted by atomic mass is 19.1. The van der Waals surface area contributed by atoms with Gasteiger partial charge in [0.1, 0.15) is 11.5 Å². The van der Waals surface area contributed by atoms with Crippen LogP contribution in [0.1, 0.15) is 32.8 Å². The largest absolute Gasteiger partial charge is 0.318 e. The minimum absolute atomic E-state index is 0.0550. The van der Waals surface area contributed by atoms with Gasteiger partial charge in [-0.3, -0.25) is 14.6 Å². The molecule has 4 rings (SSSR count). The van der Waals surface area contributed by atoms with Crippen molar-refractivity contribution < 1.29 is 14.0 Å². The van der Waals surface area contributed by atoms with Crippen molar-refractivity contribution in [1.82, 2.24) is 4.98 Å². The lowest BCUT2D eigenvalue weighted by atomic mass is 10.0. The van der Waals surface area contributed by atoms with Crippen molar-refractivity contribution in [2.45, 2.75) is 12.8 Å². The van der Waals surface area contributed by atoms with E-state index in [1.54, 1.807) is 23.1 Å². The average molecular weight is 375 g/mol. The van der Waals surface area contributed by atoms with Crippen molar-refractivity contribution in [1.29, 1.82) is 0 Å². The fraction of sp³-hybridized carbons (Fsp3) is 0.136. The molecule has 3 aromatic rings. The molecule has 0 unspecified atom stereocenters. The number of rotatable bonds is 3. The molecule has 1 N–H and O–H groups in total. The second-order valence-electron chi connectivity index (χ2n) is 6.55. The molecule has 1 aliphatic heterocycles. The summed E-state index contributed by atoms with van der Waals surface area (Å²) < 4.78 is 13.8. The molecule has 28 heavy (non-hydrogen) atoms. The average Bonchev–Trinajstić information content (AvgIpc) is 2.74. The molecule has 2 heterocycles. The minimum Gasteiger partial charge on any atom is -0.318 e. The Hall–Kier alpha value is -3.54. The molecule has 0 radical (unpaired) electrons. The highest BCUT2D eigenvalue weighted by Gasteiger charge is 2.24. The lowest BCUT2D eigenvalue weighted by Gasteiger charge is -2.29. The summed E-state index contributed by atoms with van der Waals surface area (Å²) in [5.74, 6) is -1.29. The van der Waals surface area contributed by atoms with Crippen molar-refractivity contribution in [3.63, 3.8) is 0 Å². The zero-order valence-electron chi connectivity index (χ0n) is 15.1. The molecule has 0 atom stereocenters. The number of halogens is 1. The molecule has 0 saturated heterocycles. The lowest BCUT2D eigenvalue weighted by Crippen LogP contribution is -2.35. The Labute approximate surface area is 161 Å². The Balaban J connectivity index is 1.58. The van der Waals surface area contributed by atoms with E-state index in [1.165, 1.54) is 24.4 Å². The topological polar surface area (TPSA) is 62.3 Å². The number of pyridine rings is 1. The second kappa shape index (κ2) is 7.60. The molecule has 2 amide bonds. The van der Waals surface area contributed by atoms with Crippen molar-refractivity contribution in [3.05, 3.63) is 89.5 Å². The Bertz CT molecular complexity index is 1050. The van der Waals surface area contributed by atoms with Crippen LogP contribution in [0.2, 0.25) is 0 Å². The van der Waals surface area contributed by atoms with Gasteiger partial charge in [0.2, 0.25) is 0 Å². The molecule has 0 aliphatic carbocycles. The molecule has 140 valence electrons. The predicted octanol–water partition coefficient (Wildman–Crippen LogP) is 4.07. The third-order valence-electron chi connectivity index (χ3n) is 4.72. The molecule has 0 spiro atoms. The number of para-hydroxylation sites is 2. The fourth-order valence-electron chi connectivity index (χ4n) is 3.34. The first kappa shape index (κ1) is 17.9. The van der Waals surface area contributed by atoms with E-state index in [9.17, 15) is 14.0 Å².